The van der Waals surface area contributed by atoms with Crippen LogP contribution >= 0.6 is 23.5 Å². The predicted molar refractivity (Wildman–Crippen MR) is 149 cm³/mol. The lowest BCUT2D eigenvalue weighted by Gasteiger charge is -2.28. The maximum atomic E-state index is 13.3. The number of hydrogen-bond acceptors (Lipinski definition) is 8. The Hall–Kier alpha value is -2.44. The first-order chi connectivity index (χ1) is 17.5. The average molecular weight is 557 g/mol. The van der Waals surface area contributed by atoms with E-state index >= 15 is 0 Å². The van der Waals surface area contributed by atoms with Crippen LogP contribution in [0.2, 0.25) is 0 Å². The molecule has 0 aliphatic heterocycles. The summed E-state index contributed by atoms with van der Waals surface area (Å²) in [6.07, 6.45) is 5.08. The number of phenolic OH excluding ortho intramolecular Hbond substituents is 1. The molecule has 0 radical (unpaired) electrons. The number of carbonyl (C=O) groups excluding carboxylic acids is 3. The zero-order chi connectivity index (χ0) is 28.0. The molecule has 208 valence electrons. The summed E-state index contributed by atoms with van der Waals surface area (Å²) in [6, 6.07) is 2.48. The lowest BCUT2D eigenvalue weighted by molar-refractivity contribution is -0.142. The second-order valence-corrected chi connectivity index (χ2v) is 10.8. The van der Waals surface area contributed by atoms with Crippen molar-refractivity contribution in [2.45, 2.75) is 63.7 Å². The Balaban J connectivity index is 2.95. The van der Waals surface area contributed by atoms with Crippen LogP contribution < -0.4 is 21.7 Å². The number of hydrogen-bond donors (Lipinski definition) is 6. The van der Waals surface area contributed by atoms with E-state index in [-0.39, 0.29) is 24.5 Å². The number of benzene rings is 1. The molecule has 1 rings (SSSR count). The molecule has 10 nitrogen and oxygen atoms in total. The predicted octanol–water partition coefficient (Wildman–Crippen LogP) is 1.35. The van der Waals surface area contributed by atoms with Gasteiger partial charge in [0, 0.05) is 0 Å². The number of carboxylic acids is 1. The van der Waals surface area contributed by atoms with Gasteiger partial charge in [0.15, 0.2) is 0 Å². The quantitative estimate of drug-likeness (QED) is 0.166. The molecule has 7 N–H and O–H groups in total. The van der Waals surface area contributed by atoms with E-state index in [4.69, 9.17) is 5.73 Å². The fraction of sp³-hybridized carbons (Fsp3) is 0.600. The summed E-state index contributed by atoms with van der Waals surface area (Å²) in [5.41, 5.74) is 6.84. The number of nitrogens with one attached hydrogen (secondary N) is 3. The van der Waals surface area contributed by atoms with Crippen LogP contribution in [-0.4, -0.2) is 82.1 Å². The fourth-order valence-electron chi connectivity index (χ4n) is 3.47. The molecule has 0 bridgehead atoms. The van der Waals surface area contributed by atoms with Gasteiger partial charge in [-0.2, -0.15) is 23.5 Å². The second-order valence-electron chi connectivity index (χ2n) is 8.87. The van der Waals surface area contributed by atoms with Crippen LogP contribution in [0.25, 0.3) is 0 Å². The van der Waals surface area contributed by atoms with E-state index in [1.807, 2.05) is 26.4 Å². The number of carboxylic acid groups (broad SMARTS) is 1. The first-order valence-electron chi connectivity index (χ1n) is 12.2. The van der Waals surface area contributed by atoms with Gasteiger partial charge in [-0.3, -0.25) is 14.4 Å². The van der Waals surface area contributed by atoms with Gasteiger partial charge in [-0.05, 0) is 66.9 Å². The third-order valence-electron chi connectivity index (χ3n) is 5.99. The normalized spacial score (nSPS) is 15.1. The van der Waals surface area contributed by atoms with E-state index < -0.39 is 47.9 Å². The number of amides is 3. The number of thioether (sulfide) groups is 2. The largest absolute Gasteiger partial charge is 0.508 e. The Morgan fingerprint density at radius 2 is 1.43 bits per heavy atom. The first-order valence-corrected chi connectivity index (χ1v) is 15.0. The summed E-state index contributed by atoms with van der Waals surface area (Å²) >= 11 is 2.97. The fourth-order valence-corrected chi connectivity index (χ4v) is 4.42. The Morgan fingerprint density at radius 1 is 0.892 bits per heavy atom. The maximum Gasteiger partial charge on any atom is 0.326 e. The number of rotatable bonds is 17. The number of aromatic hydroxyl groups is 1. The summed E-state index contributed by atoms with van der Waals surface area (Å²) in [6.45, 7) is 3.70. The highest BCUT2D eigenvalue weighted by molar-refractivity contribution is 7.98. The Kier molecular flexibility index (Phi) is 15.1. The van der Waals surface area contributed by atoms with Crippen LogP contribution in [0.15, 0.2) is 24.3 Å². The van der Waals surface area contributed by atoms with E-state index in [9.17, 15) is 29.4 Å². The van der Waals surface area contributed by atoms with Crippen LogP contribution in [0, 0.1) is 5.92 Å². The Labute approximate surface area is 227 Å². The standard InChI is InChI=1S/C25H40N4O6S2/c1-5-15(2)21(29-22(31)18(26)14-16-6-8-17(30)9-7-16)24(33)27-19(10-12-36-3)23(32)28-20(25(34)35)11-13-37-4/h6-9,15,18-21,30H,5,10-14,26H2,1-4H3,(H,27,33)(H,28,32)(H,29,31)(H,34,35). The number of nitrogens with two attached hydrogens (primary N) is 1. The van der Waals surface area contributed by atoms with Crippen LogP contribution in [0.5, 0.6) is 5.75 Å². The topological polar surface area (TPSA) is 171 Å². The van der Waals surface area contributed by atoms with E-state index in [0.717, 1.165) is 5.56 Å². The molecule has 37 heavy (non-hydrogen) atoms. The summed E-state index contributed by atoms with van der Waals surface area (Å²) in [5, 5.41) is 26.9. The molecule has 5 unspecified atom stereocenters. The van der Waals surface area contributed by atoms with E-state index in [2.05, 4.69) is 16.0 Å². The lowest BCUT2D eigenvalue weighted by Crippen LogP contribution is -2.59. The third kappa shape index (κ3) is 11.7. The minimum Gasteiger partial charge on any atom is -0.508 e. The van der Waals surface area contributed by atoms with Crippen molar-refractivity contribution in [2.75, 3.05) is 24.0 Å². The smallest absolute Gasteiger partial charge is 0.326 e. The summed E-state index contributed by atoms with van der Waals surface area (Å²) < 4.78 is 0. The summed E-state index contributed by atoms with van der Waals surface area (Å²) in [4.78, 5) is 50.6. The molecule has 3 amide bonds. The Morgan fingerprint density at radius 3 is 1.95 bits per heavy atom. The summed E-state index contributed by atoms with van der Waals surface area (Å²) in [7, 11) is 0. The molecule has 0 fully saturated rings. The van der Waals surface area contributed by atoms with E-state index in [0.29, 0.717) is 24.3 Å². The molecule has 0 saturated heterocycles. The maximum absolute atomic E-state index is 13.3. The molecule has 1 aromatic carbocycles. The zero-order valence-electron chi connectivity index (χ0n) is 21.9. The monoisotopic (exact) mass is 556 g/mol. The molecular weight excluding hydrogens is 516 g/mol. The van der Waals surface area contributed by atoms with Gasteiger partial charge in [0.2, 0.25) is 17.7 Å². The molecule has 0 heterocycles. The van der Waals surface area contributed by atoms with Crippen molar-refractivity contribution in [2.24, 2.45) is 11.7 Å². The Bertz CT molecular complexity index is 886. The molecule has 0 saturated carbocycles. The van der Waals surface area contributed by atoms with Gasteiger partial charge in [-0.15, -0.1) is 0 Å². The van der Waals surface area contributed by atoms with Crippen molar-refractivity contribution in [1.82, 2.24) is 16.0 Å². The van der Waals surface area contributed by atoms with Gasteiger partial charge in [0.05, 0.1) is 6.04 Å². The molecule has 0 aliphatic rings. The SMILES string of the molecule is CCC(C)C(NC(=O)C(N)Cc1ccc(O)cc1)C(=O)NC(CCSC)C(=O)NC(CCSC)C(=O)O. The highest BCUT2D eigenvalue weighted by Crippen LogP contribution is 2.13. The molecule has 1 aromatic rings. The van der Waals surface area contributed by atoms with Crippen LogP contribution in [0.1, 0.15) is 38.7 Å². The average Bonchev–Trinajstić information content (AvgIpc) is 2.87. The van der Waals surface area contributed by atoms with Crippen LogP contribution in [-0.2, 0) is 25.6 Å². The third-order valence-corrected chi connectivity index (χ3v) is 7.28. The highest BCUT2D eigenvalue weighted by Gasteiger charge is 2.32. The van der Waals surface area contributed by atoms with Crippen molar-refractivity contribution < 1.29 is 29.4 Å². The van der Waals surface area contributed by atoms with Gasteiger partial charge in [0.1, 0.15) is 23.9 Å². The number of phenols is 1. The van der Waals surface area contributed by atoms with Crippen molar-refractivity contribution in [3.8, 4) is 5.75 Å². The second kappa shape index (κ2) is 17.1. The van der Waals surface area contributed by atoms with Crippen molar-refractivity contribution in [3.05, 3.63) is 29.8 Å². The minimum absolute atomic E-state index is 0.106. The summed E-state index contributed by atoms with van der Waals surface area (Å²) in [5.74, 6) is -1.77. The van der Waals surface area contributed by atoms with Gasteiger partial charge in [0.25, 0.3) is 0 Å². The zero-order valence-corrected chi connectivity index (χ0v) is 23.5. The molecule has 0 aliphatic carbocycles. The van der Waals surface area contributed by atoms with Crippen molar-refractivity contribution in [1.29, 1.82) is 0 Å². The molecule has 12 heteroatoms. The van der Waals surface area contributed by atoms with Crippen LogP contribution in [0.3, 0.4) is 0 Å². The number of carbonyl (C=O) groups is 4. The number of aliphatic carboxylic acids is 1. The van der Waals surface area contributed by atoms with Crippen molar-refractivity contribution in [3.63, 3.8) is 0 Å². The van der Waals surface area contributed by atoms with Gasteiger partial charge in [-0.1, -0.05) is 32.4 Å². The van der Waals surface area contributed by atoms with Gasteiger partial charge >= 0.3 is 5.97 Å². The molecule has 0 spiro atoms. The molecule has 0 aromatic heterocycles. The molecular formula is C25H40N4O6S2. The minimum atomic E-state index is -1.13. The highest BCUT2D eigenvalue weighted by atomic mass is 32.2. The van der Waals surface area contributed by atoms with E-state index in [1.54, 1.807) is 12.1 Å². The van der Waals surface area contributed by atoms with Crippen molar-refractivity contribution >= 4 is 47.2 Å². The first kappa shape index (κ1) is 32.6. The molecule has 5 atom stereocenters. The van der Waals surface area contributed by atoms with E-state index in [1.165, 1.54) is 35.7 Å². The van der Waals surface area contributed by atoms with Gasteiger partial charge < -0.3 is 31.9 Å². The van der Waals surface area contributed by atoms with Gasteiger partial charge in [-0.25, -0.2) is 4.79 Å². The lowest BCUT2D eigenvalue weighted by atomic mass is 9.96. The van der Waals surface area contributed by atoms with Crippen LogP contribution in [0.4, 0.5) is 0 Å².